The Morgan fingerprint density at radius 1 is 0.830 bits per heavy atom. The van der Waals surface area contributed by atoms with Gasteiger partial charge in [-0.25, -0.2) is 0 Å². The summed E-state index contributed by atoms with van der Waals surface area (Å²) in [5, 5.41) is 2.93. The minimum atomic E-state index is -0.670. The molecule has 242 valence electrons. The molecule has 0 aliphatic carbocycles. The third kappa shape index (κ3) is 6.41. The number of rotatable bonds is 11. The van der Waals surface area contributed by atoms with Crippen LogP contribution in [0.1, 0.15) is 67.6 Å². The Kier molecular flexibility index (Phi) is 9.49. The van der Waals surface area contributed by atoms with E-state index in [1.165, 1.54) is 10.5 Å². The Balaban J connectivity index is 1.25. The molecule has 1 N–H and O–H groups in total. The van der Waals surface area contributed by atoms with E-state index >= 15 is 0 Å². The lowest BCUT2D eigenvalue weighted by Gasteiger charge is -2.39. The second-order valence-corrected chi connectivity index (χ2v) is 11.7. The van der Waals surface area contributed by atoms with Crippen LogP contribution in [0.3, 0.4) is 0 Å². The molecule has 10 heteroatoms. The quantitative estimate of drug-likeness (QED) is 0.227. The van der Waals surface area contributed by atoms with Gasteiger partial charge in [-0.15, -0.1) is 0 Å². The number of carbonyl (C=O) groups is 3. The Bertz CT molecular complexity index is 1740. The van der Waals surface area contributed by atoms with E-state index < -0.39 is 6.04 Å². The summed E-state index contributed by atoms with van der Waals surface area (Å²) in [6.45, 7) is 5.57. The molecule has 0 radical (unpaired) electrons. The highest BCUT2D eigenvalue weighted by Gasteiger charge is 2.43. The molecule has 2 aliphatic rings. The smallest absolute Gasteiger partial charge is 0.264 e. The zero-order valence-electron chi connectivity index (χ0n) is 26.9. The molecular formula is C37H39N5O5. The van der Waals surface area contributed by atoms with Crippen LogP contribution in [-0.4, -0.2) is 79.4 Å². The highest BCUT2D eigenvalue weighted by atomic mass is 16.5. The Labute approximate surface area is 274 Å². The van der Waals surface area contributed by atoms with Crippen LogP contribution < -0.4 is 19.7 Å². The van der Waals surface area contributed by atoms with Crippen LogP contribution in [0, 0.1) is 0 Å². The first-order chi connectivity index (χ1) is 22.9. The van der Waals surface area contributed by atoms with Crippen molar-refractivity contribution in [2.75, 3.05) is 51.8 Å². The van der Waals surface area contributed by atoms with E-state index in [0.717, 1.165) is 31.9 Å². The van der Waals surface area contributed by atoms with Crippen molar-refractivity contribution in [3.05, 3.63) is 119 Å². The topological polar surface area (TPSA) is 104 Å². The standard InChI is InChI=1S/C37H39N5O5/c1-25(26-8-5-4-6-9-26)40-20-22-41(23-21-40)31-11-7-10-29-34(31)37(45)42(36(29)44)30(28-12-13-32(46-2)33(24-28)47-3)16-19-39-35(43)27-14-17-38-18-15-27/h4-15,17-18,24-25,30H,16,19-23H2,1-3H3,(H,39,43)/t25-,30?/m1/s1. The lowest BCUT2D eigenvalue weighted by molar-refractivity contribution is 0.0574. The maximum atomic E-state index is 14.4. The minimum Gasteiger partial charge on any atom is -0.493 e. The van der Waals surface area contributed by atoms with Crippen LogP contribution in [0.15, 0.2) is 91.3 Å². The second-order valence-electron chi connectivity index (χ2n) is 11.7. The molecule has 10 nitrogen and oxygen atoms in total. The average molecular weight is 634 g/mol. The van der Waals surface area contributed by atoms with Crippen molar-refractivity contribution in [3.8, 4) is 11.5 Å². The molecule has 3 heterocycles. The molecule has 47 heavy (non-hydrogen) atoms. The summed E-state index contributed by atoms with van der Waals surface area (Å²) >= 11 is 0. The van der Waals surface area contributed by atoms with Crippen LogP contribution in [0.25, 0.3) is 0 Å². The molecular weight excluding hydrogens is 594 g/mol. The van der Waals surface area contributed by atoms with E-state index in [1.54, 1.807) is 56.9 Å². The van der Waals surface area contributed by atoms with E-state index in [4.69, 9.17) is 9.47 Å². The molecule has 0 spiro atoms. The van der Waals surface area contributed by atoms with Gasteiger partial charge in [-0.2, -0.15) is 0 Å². The maximum absolute atomic E-state index is 14.4. The van der Waals surface area contributed by atoms with E-state index in [2.05, 4.69) is 51.3 Å². The van der Waals surface area contributed by atoms with E-state index in [1.807, 2.05) is 24.3 Å². The van der Waals surface area contributed by atoms with Crippen molar-refractivity contribution < 1.29 is 23.9 Å². The number of hydrogen-bond acceptors (Lipinski definition) is 8. The number of pyridine rings is 1. The summed E-state index contributed by atoms with van der Waals surface area (Å²) in [6, 6.07) is 24.2. The molecule has 4 aromatic rings. The number of hydrogen-bond donors (Lipinski definition) is 1. The van der Waals surface area contributed by atoms with Crippen LogP contribution >= 0.6 is 0 Å². The highest BCUT2D eigenvalue weighted by Crippen LogP contribution is 2.40. The van der Waals surface area contributed by atoms with Gasteiger partial charge in [0.2, 0.25) is 0 Å². The monoisotopic (exact) mass is 633 g/mol. The van der Waals surface area contributed by atoms with Crippen LogP contribution in [0.5, 0.6) is 11.5 Å². The molecule has 1 unspecified atom stereocenters. The van der Waals surface area contributed by atoms with Crippen LogP contribution in [-0.2, 0) is 0 Å². The van der Waals surface area contributed by atoms with Gasteiger partial charge in [0, 0.05) is 56.7 Å². The number of nitrogens with zero attached hydrogens (tertiary/aromatic N) is 4. The molecule has 1 fully saturated rings. The number of nitrogens with one attached hydrogen (secondary N) is 1. The normalized spacial score (nSPS) is 16.1. The number of ether oxygens (including phenoxy) is 2. The van der Waals surface area contributed by atoms with Gasteiger partial charge in [0.15, 0.2) is 11.5 Å². The fourth-order valence-corrected chi connectivity index (χ4v) is 6.56. The van der Waals surface area contributed by atoms with E-state index in [0.29, 0.717) is 40.2 Å². The summed E-state index contributed by atoms with van der Waals surface area (Å²) in [6.07, 6.45) is 3.41. The molecule has 2 atom stereocenters. The van der Waals surface area contributed by atoms with Crippen LogP contribution in [0.2, 0.25) is 0 Å². The van der Waals surface area contributed by atoms with Crippen molar-refractivity contribution in [1.82, 2.24) is 20.1 Å². The SMILES string of the molecule is COc1ccc(C(CCNC(=O)c2ccncc2)N2C(=O)c3cccc(N4CCN([C@H](C)c5ccccc5)CC4)c3C2=O)cc1OC. The number of aromatic nitrogens is 1. The lowest BCUT2D eigenvalue weighted by atomic mass is 10.0. The number of imide groups is 1. The predicted octanol–water partition coefficient (Wildman–Crippen LogP) is 5.14. The maximum Gasteiger partial charge on any atom is 0.264 e. The molecule has 1 saturated heterocycles. The first-order valence-electron chi connectivity index (χ1n) is 15.9. The summed E-state index contributed by atoms with van der Waals surface area (Å²) in [7, 11) is 3.09. The number of piperazine rings is 1. The molecule has 6 rings (SSSR count). The molecule has 0 bridgehead atoms. The van der Waals surface area contributed by atoms with Gasteiger partial charge in [0.1, 0.15) is 0 Å². The summed E-state index contributed by atoms with van der Waals surface area (Å²) in [5.41, 5.74) is 4.03. The van der Waals surface area contributed by atoms with Gasteiger partial charge in [-0.05, 0) is 60.9 Å². The summed E-state index contributed by atoms with van der Waals surface area (Å²) < 4.78 is 11.0. The van der Waals surface area contributed by atoms with Gasteiger partial charge in [0.05, 0.1) is 37.1 Å². The van der Waals surface area contributed by atoms with Crippen molar-refractivity contribution in [1.29, 1.82) is 0 Å². The fraction of sp³-hybridized carbons (Fsp3) is 0.297. The lowest BCUT2D eigenvalue weighted by Crippen LogP contribution is -2.47. The Morgan fingerprint density at radius 2 is 1.55 bits per heavy atom. The van der Waals surface area contributed by atoms with Gasteiger partial charge >= 0.3 is 0 Å². The second kappa shape index (κ2) is 14.0. The Morgan fingerprint density at radius 3 is 2.26 bits per heavy atom. The van der Waals surface area contributed by atoms with Gasteiger partial charge in [-0.1, -0.05) is 42.5 Å². The van der Waals surface area contributed by atoms with E-state index in [9.17, 15) is 14.4 Å². The van der Waals surface area contributed by atoms with Crippen molar-refractivity contribution in [2.24, 2.45) is 0 Å². The third-order valence-corrected chi connectivity index (χ3v) is 9.16. The predicted molar refractivity (Wildman–Crippen MR) is 179 cm³/mol. The molecule has 3 aromatic carbocycles. The van der Waals surface area contributed by atoms with Crippen molar-refractivity contribution in [2.45, 2.75) is 25.4 Å². The zero-order chi connectivity index (χ0) is 32.9. The number of benzene rings is 3. The first-order valence-corrected chi connectivity index (χ1v) is 15.9. The molecule has 1 aromatic heterocycles. The van der Waals surface area contributed by atoms with Crippen LogP contribution in [0.4, 0.5) is 5.69 Å². The zero-order valence-corrected chi connectivity index (χ0v) is 26.9. The summed E-state index contributed by atoms with van der Waals surface area (Å²) in [5.74, 6) is 0.0512. The fourth-order valence-electron chi connectivity index (χ4n) is 6.56. The number of methoxy groups -OCH3 is 2. The summed E-state index contributed by atoms with van der Waals surface area (Å²) in [4.78, 5) is 51.2. The minimum absolute atomic E-state index is 0.224. The number of carbonyl (C=O) groups excluding carboxylic acids is 3. The van der Waals surface area contributed by atoms with Crippen molar-refractivity contribution >= 4 is 23.4 Å². The number of amides is 3. The number of anilines is 1. The molecule has 0 saturated carbocycles. The number of fused-ring (bicyclic) bond motifs is 1. The molecule has 3 amide bonds. The van der Waals surface area contributed by atoms with Crippen molar-refractivity contribution in [3.63, 3.8) is 0 Å². The third-order valence-electron chi connectivity index (χ3n) is 9.16. The van der Waals surface area contributed by atoms with Gasteiger partial charge in [0.25, 0.3) is 17.7 Å². The van der Waals surface area contributed by atoms with E-state index in [-0.39, 0.29) is 30.3 Å². The van der Waals surface area contributed by atoms with Gasteiger partial charge in [-0.3, -0.25) is 29.2 Å². The highest BCUT2D eigenvalue weighted by molar-refractivity contribution is 6.24. The first kappa shape index (κ1) is 31.7. The largest absolute Gasteiger partial charge is 0.493 e. The average Bonchev–Trinajstić information content (AvgIpc) is 3.39. The molecule has 2 aliphatic heterocycles. The van der Waals surface area contributed by atoms with Gasteiger partial charge < -0.3 is 19.7 Å². The Hall–Kier alpha value is -5.22.